The van der Waals surface area contributed by atoms with Crippen molar-refractivity contribution in [2.45, 2.75) is 206 Å². The number of amides is 1. The average molecular weight is 726 g/mol. The van der Waals surface area contributed by atoms with Gasteiger partial charge in [0.05, 0.1) is 0 Å². The van der Waals surface area contributed by atoms with Crippen LogP contribution >= 0.6 is 0 Å². The van der Waals surface area contributed by atoms with E-state index in [4.69, 9.17) is 9.84 Å². The first-order valence-corrected chi connectivity index (χ1v) is 21.4. The number of allylic oxidation sites excluding steroid dienone is 9. The SMILES string of the molecule is CC/C=C\C/C=C\C/C=C\C/C=C\CCCCCCCCCCC(=O)OC(/C=C\CCCCCCCC)CCCCCCCCC(=O)NCC(=O)O. The molecule has 0 aromatic carbocycles. The molecule has 0 aliphatic heterocycles. The minimum absolute atomic E-state index is 0.0637. The van der Waals surface area contributed by atoms with Crippen LogP contribution in [0, 0.1) is 0 Å². The monoisotopic (exact) mass is 726 g/mol. The molecule has 6 heteroatoms. The maximum atomic E-state index is 12.7. The third-order valence-corrected chi connectivity index (χ3v) is 9.16. The van der Waals surface area contributed by atoms with Crippen molar-refractivity contribution in [1.29, 1.82) is 0 Å². The second-order valence-electron chi connectivity index (χ2n) is 14.2. The summed E-state index contributed by atoms with van der Waals surface area (Å²) in [6.07, 6.45) is 53.6. The number of carbonyl (C=O) groups is 3. The Balaban J connectivity index is 4.07. The van der Waals surface area contributed by atoms with Gasteiger partial charge in [-0.05, 0) is 83.1 Å². The molecule has 0 saturated heterocycles. The van der Waals surface area contributed by atoms with Gasteiger partial charge in [-0.15, -0.1) is 0 Å². The summed E-state index contributed by atoms with van der Waals surface area (Å²) < 4.78 is 5.94. The van der Waals surface area contributed by atoms with E-state index < -0.39 is 5.97 Å². The minimum Gasteiger partial charge on any atom is -0.480 e. The molecule has 0 aliphatic rings. The molecule has 0 fully saturated rings. The van der Waals surface area contributed by atoms with Gasteiger partial charge >= 0.3 is 11.9 Å². The highest BCUT2D eigenvalue weighted by Crippen LogP contribution is 2.16. The molecule has 0 spiro atoms. The summed E-state index contributed by atoms with van der Waals surface area (Å²) in [6.45, 7) is 4.10. The molecular formula is C46H79NO5. The molecule has 0 aliphatic carbocycles. The van der Waals surface area contributed by atoms with E-state index in [-0.39, 0.29) is 24.5 Å². The van der Waals surface area contributed by atoms with Gasteiger partial charge in [-0.2, -0.15) is 0 Å². The largest absolute Gasteiger partial charge is 0.480 e. The molecule has 1 amide bonds. The van der Waals surface area contributed by atoms with Crippen LogP contribution in [0.15, 0.2) is 60.8 Å². The number of carboxylic acid groups (broad SMARTS) is 1. The van der Waals surface area contributed by atoms with Gasteiger partial charge in [0.15, 0.2) is 0 Å². The maximum absolute atomic E-state index is 12.7. The van der Waals surface area contributed by atoms with Crippen molar-refractivity contribution in [3.05, 3.63) is 60.8 Å². The summed E-state index contributed by atoms with van der Waals surface area (Å²) in [4.78, 5) is 34.9. The second-order valence-corrected chi connectivity index (χ2v) is 14.2. The standard InChI is InChI=1S/C46H79NO5/c1-3-5-7-9-11-13-14-15-16-17-18-19-20-21-22-23-24-25-27-33-37-41-46(51)52-43(38-34-30-26-12-10-8-6-4-2)39-35-31-28-29-32-36-40-44(48)47-42-45(49)50/h5,7,11,13,15-16,18-19,34,38,43H,3-4,6,8-10,12,14,17,20-33,35-37,39-42H2,1-2H3,(H,47,48)(H,49,50)/b7-5-,13-11-,16-15-,19-18-,38-34-. The molecule has 0 heterocycles. The molecule has 298 valence electrons. The Kier molecular flexibility index (Phi) is 38.6. The van der Waals surface area contributed by atoms with Crippen molar-refractivity contribution in [2.75, 3.05) is 6.54 Å². The Bertz CT molecular complexity index is 979. The van der Waals surface area contributed by atoms with E-state index in [0.29, 0.717) is 12.8 Å². The molecule has 0 rings (SSSR count). The maximum Gasteiger partial charge on any atom is 0.322 e. The van der Waals surface area contributed by atoms with Crippen LogP contribution in [0.5, 0.6) is 0 Å². The van der Waals surface area contributed by atoms with Gasteiger partial charge in [0.1, 0.15) is 12.6 Å². The van der Waals surface area contributed by atoms with Gasteiger partial charge in [0.2, 0.25) is 5.91 Å². The van der Waals surface area contributed by atoms with Crippen LogP contribution in [0.3, 0.4) is 0 Å². The third-order valence-electron chi connectivity index (χ3n) is 9.16. The first kappa shape index (κ1) is 49.1. The number of aliphatic carboxylic acids is 1. The highest BCUT2D eigenvalue weighted by Gasteiger charge is 2.11. The van der Waals surface area contributed by atoms with Crippen LogP contribution in [0.4, 0.5) is 0 Å². The summed E-state index contributed by atoms with van der Waals surface area (Å²) >= 11 is 0. The topological polar surface area (TPSA) is 92.7 Å². The van der Waals surface area contributed by atoms with Crippen LogP contribution in [0.25, 0.3) is 0 Å². The molecule has 2 N–H and O–H groups in total. The number of hydrogen-bond donors (Lipinski definition) is 2. The van der Waals surface area contributed by atoms with E-state index in [1.807, 2.05) is 0 Å². The summed E-state index contributed by atoms with van der Waals surface area (Å²) in [7, 11) is 0. The van der Waals surface area contributed by atoms with Crippen molar-refractivity contribution in [3.8, 4) is 0 Å². The fraction of sp³-hybridized carbons (Fsp3) is 0.717. The van der Waals surface area contributed by atoms with Gasteiger partial charge in [-0.1, -0.05) is 165 Å². The van der Waals surface area contributed by atoms with E-state index in [1.165, 1.54) is 83.5 Å². The summed E-state index contributed by atoms with van der Waals surface area (Å²) in [6, 6.07) is 0. The fourth-order valence-corrected chi connectivity index (χ4v) is 6.00. The number of unbranched alkanes of at least 4 members (excludes halogenated alkanes) is 19. The van der Waals surface area contributed by atoms with E-state index in [9.17, 15) is 14.4 Å². The lowest BCUT2D eigenvalue weighted by Gasteiger charge is -2.15. The molecule has 1 atom stereocenters. The molecular weight excluding hydrogens is 647 g/mol. The molecule has 52 heavy (non-hydrogen) atoms. The van der Waals surface area contributed by atoms with Crippen molar-refractivity contribution < 1.29 is 24.2 Å². The number of carbonyl (C=O) groups excluding carboxylic acids is 2. The zero-order chi connectivity index (χ0) is 38.0. The van der Waals surface area contributed by atoms with E-state index in [0.717, 1.165) is 89.9 Å². The fourth-order valence-electron chi connectivity index (χ4n) is 6.00. The highest BCUT2D eigenvalue weighted by atomic mass is 16.5. The Hall–Kier alpha value is -2.89. The number of nitrogens with one attached hydrogen (secondary N) is 1. The van der Waals surface area contributed by atoms with Crippen LogP contribution in [-0.2, 0) is 19.1 Å². The van der Waals surface area contributed by atoms with Gasteiger partial charge in [-0.25, -0.2) is 0 Å². The number of rotatable bonds is 38. The molecule has 0 radical (unpaired) electrons. The lowest BCUT2D eigenvalue weighted by molar-refractivity contribution is -0.147. The summed E-state index contributed by atoms with van der Waals surface area (Å²) in [5.41, 5.74) is 0. The van der Waals surface area contributed by atoms with E-state index in [1.54, 1.807) is 0 Å². The number of hydrogen-bond acceptors (Lipinski definition) is 4. The number of esters is 1. The minimum atomic E-state index is -1.02. The normalized spacial score (nSPS) is 12.7. The molecule has 0 aromatic heterocycles. The van der Waals surface area contributed by atoms with Crippen LogP contribution < -0.4 is 5.32 Å². The van der Waals surface area contributed by atoms with Crippen molar-refractivity contribution in [2.24, 2.45) is 0 Å². The smallest absolute Gasteiger partial charge is 0.322 e. The lowest BCUT2D eigenvalue weighted by atomic mass is 10.0. The Labute approximate surface area is 320 Å². The zero-order valence-electron chi connectivity index (χ0n) is 33.6. The number of ether oxygens (including phenoxy) is 1. The molecule has 0 aromatic rings. The van der Waals surface area contributed by atoms with Crippen molar-refractivity contribution in [1.82, 2.24) is 5.32 Å². The Morgan fingerprint density at radius 1 is 0.538 bits per heavy atom. The van der Waals surface area contributed by atoms with Crippen LogP contribution in [0.1, 0.15) is 200 Å². The zero-order valence-corrected chi connectivity index (χ0v) is 33.6. The van der Waals surface area contributed by atoms with Gasteiger partial charge in [-0.3, -0.25) is 14.4 Å². The van der Waals surface area contributed by atoms with Gasteiger partial charge in [0, 0.05) is 12.8 Å². The Morgan fingerprint density at radius 3 is 1.56 bits per heavy atom. The number of carboxylic acids is 1. The predicted molar refractivity (Wildman–Crippen MR) is 221 cm³/mol. The third kappa shape index (κ3) is 39.9. The first-order chi connectivity index (χ1) is 25.5. The summed E-state index contributed by atoms with van der Waals surface area (Å²) in [5, 5.41) is 11.1. The lowest BCUT2D eigenvalue weighted by Crippen LogP contribution is -2.28. The van der Waals surface area contributed by atoms with Crippen LogP contribution in [0.2, 0.25) is 0 Å². The average Bonchev–Trinajstić information content (AvgIpc) is 3.13. The van der Waals surface area contributed by atoms with Crippen LogP contribution in [-0.4, -0.2) is 35.6 Å². The molecule has 0 saturated carbocycles. The molecule has 1 unspecified atom stereocenters. The van der Waals surface area contributed by atoms with Gasteiger partial charge in [0.25, 0.3) is 0 Å². The Morgan fingerprint density at radius 2 is 1.00 bits per heavy atom. The van der Waals surface area contributed by atoms with E-state index in [2.05, 4.69) is 79.9 Å². The van der Waals surface area contributed by atoms with Gasteiger partial charge < -0.3 is 15.2 Å². The van der Waals surface area contributed by atoms with Crippen molar-refractivity contribution >= 4 is 17.8 Å². The van der Waals surface area contributed by atoms with E-state index >= 15 is 0 Å². The highest BCUT2D eigenvalue weighted by molar-refractivity contribution is 5.80. The summed E-state index contributed by atoms with van der Waals surface area (Å²) in [5.74, 6) is -1.28. The molecule has 0 bridgehead atoms. The second kappa shape index (κ2) is 40.9. The first-order valence-electron chi connectivity index (χ1n) is 21.4. The molecule has 6 nitrogen and oxygen atoms in total. The van der Waals surface area contributed by atoms with Crippen molar-refractivity contribution in [3.63, 3.8) is 0 Å². The predicted octanol–water partition coefficient (Wildman–Crippen LogP) is 13.2. The quantitative estimate of drug-likeness (QED) is 0.0375.